The normalized spacial score (nSPS) is 48.3. The molecule has 0 saturated heterocycles. The Bertz CT molecular complexity index is 769. The largest absolute Gasteiger partial charge is 0.463 e. The Morgan fingerprint density at radius 3 is 2.71 bits per heavy atom. The molecular formula is C22H30O6. The Morgan fingerprint density at radius 2 is 2.04 bits per heavy atom. The van der Waals surface area contributed by atoms with Crippen molar-refractivity contribution in [1.29, 1.82) is 0 Å². The second-order valence-electron chi connectivity index (χ2n) is 9.54. The average molecular weight is 390 g/mol. The quantitative estimate of drug-likeness (QED) is 0.500. The summed E-state index contributed by atoms with van der Waals surface area (Å²) in [6.07, 6.45) is 8.35. The Kier molecular flexibility index (Phi) is 4.42. The van der Waals surface area contributed by atoms with Gasteiger partial charge in [0.05, 0.1) is 18.8 Å². The molecule has 6 nitrogen and oxygen atoms in total. The number of esters is 1. The van der Waals surface area contributed by atoms with E-state index in [-0.39, 0.29) is 35.1 Å². The van der Waals surface area contributed by atoms with Crippen LogP contribution in [0.3, 0.4) is 0 Å². The van der Waals surface area contributed by atoms with Crippen LogP contribution in [-0.4, -0.2) is 51.5 Å². The number of hydrogen-bond acceptors (Lipinski definition) is 6. The van der Waals surface area contributed by atoms with Crippen LogP contribution in [0.25, 0.3) is 0 Å². The molecule has 154 valence electrons. The molecule has 0 radical (unpaired) electrons. The summed E-state index contributed by atoms with van der Waals surface area (Å²) in [6.45, 7) is 3.68. The third-order valence-corrected chi connectivity index (χ3v) is 8.25. The third kappa shape index (κ3) is 2.50. The number of allylic oxidation sites excluding steroid dienone is 3. The maximum atomic E-state index is 12.6. The highest BCUT2D eigenvalue weighted by molar-refractivity contribution is 6.08. The second kappa shape index (κ2) is 6.25. The lowest BCUT2D eigenvalue weighted by atomic mass is 9.45. The minimum Gasteiger partial charge on any atom is -0.463 e. The minimum absolute atomic E-state index is 0.0842. The summed E-state index contributed by atoms with van der Waals surface area (Å²) in [6, 6.07) is 0. The summed E-state index contributed by atoms with van der Waals surface area (Å²) in [7, 11) is 0. The molecule has 0 aromatic rings. The molecule has 3 saturated carbocycles. The minimum atomic E-state index is -1.47. The molecule has 0 unspecified atom stereocenters. The van der Waals surface area contributed by atoms with Gasteiger partial charge < -0.3 is 20.1 Å². The lowest BCUT2D eigenvalue weighted by molar-refractivity contribution is -0.162. The predicted octanol–water partition coefficient (Wildman–Crippen LogP) is 1.68. The zero-order valence-corrected chi connectivity index (χ0v) is 16.6. The molecule has 0 aromatic heterocycles. The fraction of sp³-hybridized carbons (Fsp3) is 0.727. The molecule has 6 heteroatoms. The zero-order chi connectivity index (χ0) is 20.4. The van der Waals surface area contributed by atoms with Crippen molar-refractivity contribution >= 4 is 11.8 Å². The first-order valence-corrected chi connectivity index (χ1v) is 10.3. The molecule has 0 amide bonds. The molecule has 28 heavy (non-hydrogen) atoms. The first-order chi connectivity index (χ1) is 13.1. The van der Waals surface area contributed by atoms with E-state index < -0.39 is 23.8 Å². The Morgan fingerprint density at radius 1 is 1.29 bits per heavy atom. The van der Waals surface area contributed by atoms with Crippen LogP contribution in [0.4, 0.5) is 0 Å². The van der Waals surface area contributed by atoms with Gasteiger partial charge in [-0.25, -0.2) is 4.79 Å². The van der Waals surface area contributed by atoms with Crippen molar-refractivity contribution in [2.75, 3.05) is 13.2 Å². The van der Waals surface area contributed by atoms with Crippen LogP contribution >= 0.6 is 0 Å². The maximum Gasteiger partial charge on any atom is 0.331 e. The average Bonchev–Trinajstić information content (AvgIpc) is 2.80. The molecule has 0 aromatic carbocycles. The number of hydrogen-bond donors (Lipinski definition) is 3. The van der Waals surface area contributed by atoms with Crippen molar-refractivity contribution in [3.63, 3.8) is 0 Å². The summed E-state index contributed by atoms with van der Waals surface area (Å²) in [5.74, 6) is -0.553. The molecule has 1 spiro atoms. The number of aliphatic hydroxyl groups excluding tert-OH is 1. The molecule has 0 heterocycles. The number of fused-ring (bicyclic) bond motifs is 3. The van der Waals surface area contributed by atoms with E-state index in [2.05, 4.69) is 6.92 Å². The molecule has 3 N–H and O–H groups in total. The van der Waals surface area contributed by atoms with Gasteiger partial charge in [0.1, 0.15) is 5.60 Å². The van der Waals surface area contributed by atoms with Crippen LogP contribution in [0.5, 0.6) is 0 Å². The van der Waals surface area contributed by atoms with Crippen molar-refractivity contribution in [2.45, 2.75) is 63.6 Å². The second-order valence-corrected chi connectivity index (χ2v) is 9.54. The van der Waals surface area contributed by atoms with Gasteiger partial charge in [0.25, 0.3) is 0 Å². The Balaban J connectivity index is 1.73. The van der Waals surface area contributed by atoms with E-state index in [0.717, 1.165) is 12.8 Å². The number of carbonyl (C=O) groups is 2. The SMILES string of the molecule is CCOC(=O)/C=C1\C(=O)C=C[C@]2(C)[C@@H]1CC[C@]13C[C@](O)(CO)[C@@](O)(CC[C@H]12)C3. The van der Waals surface area contributed by atoms with E-state index in [9.17, 15) is 24.9 Å². The molecule has 3 fully saturated rings. The lowest BCUT2D eigenvalue weighted by Gasteiger charge is -2.58. The van der Waals surface area contributed by atoms with Crippen LogP contribution in [0.1, 0.15) is 52.4 Å². The molecule has 4 aliphatic carbocycles. The number of ketones is 1. The number of aliphatic hydroxyl groups is 3. The molecule has 4 rings (SSSR count). The van der Waals surface area contributed by atoms with Crippen molar-refractivity contribution in [3.05, 3.63) is 23.8 Å². The summed E-state index contributed by atoms with van der Waals surface area (Å²) < 4.78 is 5.03. The molecule has 0 aliphatic heterocycles. The fourth-order valence-electron chi connectivity index (χ4n) is 7.05. The fourth-order valence-corrected chi connectivity index (χ4v) is 7.05. The van der Waals surface area contributed by atoms with Gasteiger partial charge in [-0.05, 0) is 74.2 Å². The summed E-state index contributed by atoms with van der Waals surface area (Å²) in [5.41, 5.74) is -2.82. The van der Waals surface area contributed by atoms with Crippen molar-refractivity contribution in [1.82, 2.24) is 0 Å². The Labute approximate surface area is 165 Å². The van der Waals surface area contributed by atoms with Crippen LogP contribution in [0.15, 0.2) is 23.8 Å². The molecule has 2 bridgehead atoms. The van der Waals surface area contributed by atoms with Gasteiger partial charge in [0, 0.05) is 11.6 Å². The highest BCUT2D eigenvalue weighted by Crippen LogP contribution is 2.71. The summed E-state index contributed by atoms with van der Waals surface area (Å²) in [4.78, 5) is 24.6. The van der Waals surface area contributed by atoms with Crippen molar-refractivity contribution in [3.8, 4) is 0 Å². The van der Waals surface area contributed by atoms with Crippen molar-refractivity contribution in [2.24, 2.45) is 22.7 Å². The first kappa shape index (κ1) is 19.8. The van der Waals surface area contributed by atoms with Gasteiger partial charge in [0.15, 0.2) is 5.78 Å². The van der Waals surface area contributed by atoms with Crippen LogP contribution in [0.2, 0.25) is 0 Å². The van der Waals surface area contributed by atoms with E-state index in [4.69, 9.17) is 4.74 Å². The first-order valence-electron chi connectivity index (χ1n) is 10.3. The number of ether oxygens (including phenoxy) is 1. The summed E-state index contributed by atoms with van der Waals surface area (Å²) in [5, 5.41) is 31.9. The predicted molar refractivity (Wildman–Crippen MR) is 101 cm³/mol. The van der Waals surface area contributed by atoms with E-state index >= 15 is 0 Å². The number of rotatable bonds is 3. The van der Waals surface area contributed by atoms with E-state index in [1.165, 1.54) is 6.08 Å². The third-order valence-electron chi connectivity index (χ3n) is 8.25. The zero-order valence-electron chi connectivity index (χ0n) is 16.6. The number of carbonyl (C=O) groups excluding carboxylic acids is 2. The highest BCUT2D eigenvalue weighted by atomic mass is 16.5. The lowest BCUT2D eigenvalue weighted by Crippen LogP contribution is -2.55. The standard InChI is InChI=1S/C22H30O6/c1-3-28-18(25)10-14-15-4-8-20-11-21(26,22(27,12-20)13-23)9-6-17(20)19(15,2)7-5-16(14)24/h5,7,10,15,17,23,26-27H,3-4,6,8-9,11-13H2,1-2H3/b14-10-/t15-,17+,19-,20+,21-,22+/m1/s1. The summed E-state index contributed by atoms with van der Waals surface area (Å²) >= 11 is 0. The van der Waals surface area contributed by atoms with Gasteiger partial charge in [-0.15, -0.1) is 0 Å². The van der Waals surface area contributed by atoms with Gasteiger partial charge in [-0.3, -0.25) is 4.79 Å². The smallest absolute Gasteiger partial charge is 0.331 e. The molecule has 6 atom stereocenters. The van der Waals surface area contributed by atoms with Crippen molar-refractivity contribution < 1.29 is 29.6 Å². The van der Waals surface area contributed by atoms with Gasteiger partial charge in [-0.2, -0.15) is 0 Å². The van der Waals surface area contributed by atoms with Crippen LogP contribution in [-0.2, 0) is 14.3 Å². The Hall–Kier alpha value is -1.50. The van der Waals surface area contributed by atoms with Crippen LogP contribution in [0, 0.1) is 22.7 Å². The van der Waals surface area contributed by atoms with Gasteiger partial charge in [0.2, 0.25) is 0 Å². The van der Waals surface area contributed by atoms with Crippen LogP contribution < -0.4 is 0 Å². The van der Waals surface area contributed by atoms with E-state index in [1.807, 2.05) is 6.08 Å². The highest BCUT2D eigenvalue weighted by Gasteiger charge is 2.70. The van der Waals surface area contributed by atoms with E-state index in [0.29, 0.717) is 31.3 Å². The molecular weight excluding hydrogens is 360 g/mol. The van der Waals surface area contributed by atoms with Gasteiger partial charge >= 0.3 is 5.97 Å². The topological polar surface area (TPSA) is 104 Å². The monoisotopic (exact) mass is 390 g/mol. The van der Waals surface area contributed by atoms with Gasteiger partial charge in [-0.1, -0.05) is 13.0 Å². The van der Waals surface area contributed by atoms with E-state index in [1.54, 1.807) is 13.0 Å². The molecule has 4 aliphatic rings. The maximum absolute atomic E-state index is 12.6.